The normalized spacial score (nSPS) is 19.9. The topological polar surface area (TPSA) is 33.3 Å². The SMILES string of the molecule is c1ccc2cc(NCC3COCCN3)ccc2c1. The molecule has 2 aromatic rings. The van der Waals surface area contributed by atoms with Gasteiger partial charge in [0.15, 0.2) is 0 Å². The smallest absolute Gasteiger partial charge is 0.0637 e. The van der Waals surface area contributed by atoms with Crippen molar-refractivity contribution in [1.82, 2.24) is 5.32 Å². The van der Waals surface area contributed by atoms with E-state index in [2.05, 4.69) is 53.1 Å². The van der Waals surface area contributed by atoms with Crippen LogP contribution in [0.2, 0.25) is 0 Å². The van der Waals surface area contributed by atoms with Crippen molar-refractivity contribution in [1.29, 1.82) is 0 Å². The van der Waals surface area contributed by atoms with Crippen molar-refractivity contribution >= 4 is 16.5 Å². The summed E-state index contributed by atoms with van der Waals surface area (Å²) >= 11 is 0. The van der Waals surface area contributed by atoms with Crippen LogP contribution in [0.25, 0.3) is 10.8 Å². The Bertz CT molecular complexity index is 521. The van der Waals surface area contributed by atoms with E-state index in [1.165, 1.54) is 16.5 Å². The molecule has 1 aliphatic rings. The van der Waals surface area contributed by atoms with Gasteiger partial charge in [-0.05, 0) is 22.9 Å². The van der Waals surface area contributed by atoms with Gasteiger partial charge in [0.25, 0.3) is 0 Å². The van der Waals surface area contributed by atoms with Crippen LogP contribution in [0.15, 0.2) is 42.5 Å². The zero-order chi connectivity index (χ0) is 12.2. The largest absolute Gasteiger partial charge is 0.383 e. The van der Waals surface area contributed by atoms with Crippen LogP contribution in [0.4, 0.5) is 5.69 Å². The lowest BCUT2D eigenvalue weighted by molar-refractivity contribution is 0.0806. The molecule has 2 aromatic carbocycles. The minimum Gasteiger partial charge on any atom is -0.383 e. The second kappa shape index (κ2) is 5.38. The fourth-order valence-corrected chi connectivity index (χ4v) is 2.29. The molecule has 0 radical (unpaired) electrons. The van der Waals surface area contributed by atoms with Gasteiger partial charge in [0.1, 0.15) is 0 Å². The predicted octanol–water partition coefficient (Wildman–Crippen LogP) is 2.24. The molecule has 1 aliphatic heterocycles. The molecular weight excluding hydrogens is 224 g/mol. The highest BCUT2D eigenvalue weighted by atomic mass is 16.5. The Kier molecular flexibility index (Phi) is 3.44. The lowest BCUT2D eigenvalue weighted by atomic mass is 10.1. The van der Waals surface area contributed by atoms with Gasteiger partial charge in [-0.1, -0.05) is 30.3 Å². The molecule has 94 valence electrons. The Morgan fingerprint density at radius 3 is 2.89 bits per heavy atom. The average molecular weight is 242 g/mol. The Balaban J connectivity index is 1.66. The van der Waals surface area contributed by atoms with E-state index in [0.29, 0.717) is 6.04 Å². The number of rotatable bonds is 3. The summed E-state index contributed by atoms with van der Waals surface area (Å²) in [7, 11) is 0. The molecule has 0 aromatic heterocycles. The molecule has 18 heavy (non-hydrogen) atoms. The molecule has 1 fully saturated rings. The number of benzene rings is 2. The first kappa shape index (κ1) is 11.5. The second-order valence-electron chi connectivity index (χ2n) is 4.67. The fourth-order valence-electron chi connectivity index (χ4n) is 2.29. The van der Waals surface area contributed by atoms with E-state index in [1.54, 1.807) is 0 Å². The third kappa shape index (κ3) is 2.63. The molecule has 0 saturated carbocycles. The minimum absolute atomic E-state index is 0.408. The van der Waals surface area contributed by atoms with Crippen LogP contribution in [-0.4, -0.2) is 32.3 Å². The highest BCUT2D eigenvalue weighted by Crippen LogP contribution is 2.18. The van der Waals surface area contributed by atoms with Gasteiger partial charge in [0, 0.05) is 24.8 Å². The number of morpholine rings is 1. The first-order valence-electron chi connectivity index (χ1n) is 6.46. The molecular formula is C15H18N2O. The first-order chi connectivity index (χ1) is 8.92. The zero-order valence-electron chi connectivity index (χ0n) is 10.4. The first-order valence-corrected chi connectivity index (χ1v) is 6.46. The lowest BCUT2D eigenvalue weighted by Crippen LogP contribution is -2.45. The van der Waals surface area contributed by atoms with E-state index in [4.69, 9.17) is 4.74 Å². The third-order valence-electron chi connectivity index (χ3n) is 3.30. The number of hydrogen-bond acceptors (Lipinski definition) is 3. The van der Waals surface area contributed by atoms with Crippen LogP contribution >= 0.6 is 0 Å². The summed E-state index contributed by atoms with van der Waals surface area (Å²) in [5.74, 6) is 0. The Morgan fingerprint density at radius 1 is 1.17 bits per heavy atom. The molecule has 3 heteroatoms. The molecule has 2 N–H and O–H groups in total. The number of fused-ring (bicyclic) bond motifs is 1. The van der Waals surface area contributed by atoms with Crippen LogP contribution in [0.5, 0.6) is 0 Å². The van der Waals surface area contributed by atoms with Crippen LogP contribution in [0.3, 0.4) is 0 Å². The summed E-state index contributed by atoms with van der Waals surface area (Å²) in [5, 5.41) is 9.46. The standard InChI is InChI=1S/C15H18N2O/c1-2-4-13-9-14(6-5-12(13)3-1)17-10-15-11-18-8-7-16-15/h1-6,9,15-17H,7-8,10-11H2. The quantitative estimate of drug-likeness (QED) is 0.866. The molecule has 3 nitrogen and oxygen atoms in total. The molecule has 1 heterocycles. The fraction of sp³-hybridized carbons (Fsp3) is 0.333. The van der Waals surface area contributed by atoms with E-state index in [-0.39, 0.29) is 0 Å². The van der Waals surface area contributed by atoms with Gasteiger partial charge in [0.2, 0.25) is 0 Å². The summed E-state index contributed by atoms with van der Waals surface area (Å²) in [5.41, 5.74) is 1.17. The van der Waals surface area contributed by atoms with E-state index in [9.17, 15) is 0 Å². The number of anilines is 1. The van der Waals surface area contributed by atoms with Crippen LogP contribution in [-0.2, 0) is 4.74 Å². The number of nitrogens with one attached hydrogen (secondary N) is 2. The van der Waals surface area contributed by atoms with Crippen molar-refractivity contribution in [3.8, 4) is 0 Å². The maximum Gasteiger partial charge on any atom is 0.0637 e. The van der Waals surface area contributed by atoms with Crippen molar-refractivity contribution < 1.29 is 4.74 Å². The molecule has 3 rings (SSSR count). The maximum atomic E-state index is 5.44. The van der Waals surface area contributed by atoms with Crippen molar-refractivity contribution in [2.45, 2.75) is 6.04 Å². The molecule has 1 atom stereocenters. The minimum atomic E-state index is 0.408. The summed E-state index contributed by atoms with van der Waals surface area (Å²) < 4.78 is 5.44. The van der Waals surface area contributed by atoms with Gasteiger partial charge >= 0.3 is 0 Å². The highest BCUT2D eigenvalue weighted by molar-refractivity contribution is 5.85. The van der Waals surface area contributed by atoms with Gasteiger partial charge in [-0.15, -0.1) is 0 Å². The molecule has 0 bridgehead atoms. The molecule has 1 unspecified atom stereocenters. The second-order valence-corrected chi connectivity index (χ2v) is 4.67. The van der Waals surface area contributed by atoms with E-state index < -0.39 is 0 Å². The van der Waals surface area contributed by atoms with Crippen molar-refractivity contribution in [2.75, 3.05) is 31.6 Å². The molecule has 0 spiro atoms. The van der Waals surface area contributed by atoms with Gasteiger partial charge in [0.05, 0.1) is 13.2 Å². The summed E-state index contributed by atoms with van der Waals surface area (Å²) in [6.07, 6.45) is 0. The van der Waals surface area contributed by atoms with Gasteiger partial charge in [-0.3, -0.25) is 0 Å². The molecule has 0 amide bonds. The van der Waals surface area contributed by atoms with Crippen LogP contribution in [0.1, 0.15) is 0 Å². The average Bonchev–Trinajstić information content (AvgIpc) is 2.46. The van der Waals surface area contributed by atoms with Crippen LogP contribution in [0, 0.1) is 0 Å². The van der Waals surface area contributed by atoms with Gasteiger partial charge in [-0.2, -0.15) is 0 Å². The van der Waals surface area contributed by atoms with Crippen molar-refractivity contribution in [3.63, 3.8) is 0 Å². The van der Waals surface area contributed by atoms with Crippen molar-refractivity contribution in [3.05, 3.63) is 42.5 Å². The van der Waals surface area contributed by atoms with Gasteiger partial charge < -0.3 is 15.4 Å². The maximum absolute atomic E-state index is 5.44. The predicted molar refractivity (Wildman–Crippen MR) is 75.0 cm³/mol. The lowest BCUT2D eigenvalue weighted by Gasteiger charge is -2.24. The zero-order valence-corrected chi connectivity index (χ0v) is 10.4. The molecule has 0 aliphatic carbocycles. The number of hydrogen-bond donors (Lipinski definition) is 2. The van der Waals surface area contributed by atoms with Crippen LogP contribution < -0.4 is 10.6 Å². The van der Waals surface area contributed by atoms with Gasteiger partial charge in [-0.25, -0.2) is 0 Å². The Morgan fingerprint density at radius 2 is 2.06 bits per heavy atom. The Hall–Kier alpha value is -1.58. The van der Waals surface area contributed by atoms with E-state index in [1.807, 2.05) is 0 Å². The molecule has 1 saturated heterocycles. The Labute approximate surface area is 107 Å². The monoisotopic (exact) mass is 242 g/mol. The van der Waals surface area contributed by atoms with E-state index >= 15 is 0 Å². The van der Waals surface area contributed by atoms with Crippen molar-refractivity contribution in [2.24, 2.45) is 0 Å². The summed E-state index contributed by atoms with van der Waals surface area (Å²) in [6.45, 7) is 3.47. The van der Waals surface area contributed by atoms with E-state index in [0.717, 1.165) is 26.3 Å². The summed E-state index contributed by atoms with van der Waals surface area (Å²) in [6, 6.07) is 15.3. The summed E-state index contributed by atoms with van der Waals surface area (Å²) in [4.78, 5) is 0. The highest BCUT2D eigenvalue weighted by Gasteiger charge is 2.12. The third-order valence-corrected chi connectivity index (χ3v) is 3.30. The number of ether oxygens (including phenoxy) is 1.